The maximum absolute atomic E-state index is 12.0. The number of amides is 2. The Labute approximate surface area is 109 Å². The molecule has 0 radical (unpaired) electrons. The molecule has 0 aromatic carbocycles. The zero-order valence-corrected chi connectivity index (χ0v) is 10.6. The zero-order valence-electron chi connectivity index (χ0n) is 10.6. The van der Waals surface area contributed by atoms with Crippen LogP contribution in [-0.4, -0.2) is 21.4 Å². The average molecular weight is 261 g/mol. The van der Waals surface area contributed by atoms with Crippen LogP contribution < -0.4 is 11.0 Å². The van der Waals surface area contributed by atoms with E-state index >= 15 is 0 Å². The highest BCUT2D eigenvalue weighted by Gasteiger charge is 2.32. The largest absolute Gasteiger partial charge is 0.326 e. The van der Waals surface area contributed by atoms with Crippen LogP contribution in [0.4, 0.5) is 0 Å². The minimum absolute atomic E-state index is 0.267. The summed E-state index contributed by atoms with van der Waals surface area (Å²) >= 11 is 0. The zero-order chi connectivity index (χ0) is 13.6. The average Bonchev–Trinajstić information content (AvgIpc) is 2.65. The fourth-order valence-electron chi connectivity index (χ4n) is 2.73. The van der Waals surface area contributed by atoms with Crippen molar-refractivity contribution in [3.05, 3.63) is 27.9 Å². The summed E-state index contributed by atoms with van der Waals surface area (Å²) in [6.07, 6.45) is 5.31. The van der Waals surface area contributed by atoms with E-state index in [1.807, 2.05) is 12.2 Å². The highest BCUT2D eigenvalue weighted by Crippen LogP contribution is 2.25. The number of aromatic amines is 1. The SMILES string of the molecule is C[C@@H]1C=Cc2c([nH]c(=O)n2C2CCC(=O)NC2=O)C1. The fourth-order valence-corrected chi connectivity index (χ4v) is 2.73. The number of carbonyl (C=O) groups is 2. The standard InChI is InChI=1S/C13H15N3O3/c1-7-2-3-9-8(6-7)14-13(19)16(9)10-4-5-11(17)15-12(10)18/h2-3,7,10H,4-6H2,1H3,(H,14,19)(H,15,17,18)/t7-,10?/m1/s1. The Morgan fingerprint density at radius 2 is 2.11 bits per heavy atom. The number of imidazole rings is 1. The number of H-pyrrole nitrogens is 1. The molecule has 6 heteroatoms. The van der Waals surface area contributed by atoms with Crippen molar-refractivity contribution in [3.8, 4) is 0 Å². The smallest absolute Gasteiger partial charge is 0.309 e. The van der Waals surface area contributed by atoms with Gasteiger partial charge in [0.25, 0.3) is 0 Å². The molecule has 2 heterocycles. The van der Waals surface area contributed by atoms with E-state index in [2.05, 4.69) is 17.2 Å². The van der Waals surface area contributed by atoms with Crippen LogP contribution in [0.25, 0.3) is 6.08 Å². The molecule has 2 N–H and O–H groups in total. The van der Waals surface area contributed by atoms with Gasteiger partial charge in [0.15, 0.2) is 0 Å². The van der Waals surface area contributed by atoms with Crippen LogP contribution in [0.3, 0.4) is 0 Å². The Balaban J connectivity index is 2.03. The quantitative estimate of drug-likeness (QED) is 0.716. The molecule has 0 saturated carbocycles. The summed E-state index contributed by atoms with van der Waals surface area (Å²) in [5, 5.41) is 2.28. The maximum Gasteiger partial charge on any atom is 0.326 e. The highest BCUT2D eigenvalue weighted by molar-refractivity contribution is 5.99. The van der Waals surface area contributed by atoms with Gasteiger partial charge in [-0.2, -0.15) is 0 Å². The number of piperidine rings is 1. The van der Waals surface area contributed by atoms with E-state index in [9.17, 15) is 14.4 Å². The number of hydrogen-bond acceptors (Lipinski definition) is 3. The number of fused-ring (bicyclic) bond motifs is 1. The second kappa shape index (κ2) is 4.22. The molecular weight excluding hydrogens is 246 g/mol. The molecule has 2 atom stereocenters. The molecule has 1 aromatic rings. The summed E-state index contributed by atoms with van der Waals surface area (Å²) in [6, 6.07) is -0.594. The van der Waals surface area contributed by atoms with Crippen LogP contribution in [-0.2, 0) is 16.0 Å². The van der Waals surface area contributed by atoms with Gasteiger partial charge in [-0.05, 0) is 24.8 Å². The van der Waals surface area contributed by atoms with Crippen molar-refractivity contribution in [2.75, 3.05) is 0 Å². The number of rotatable bonds is 1. The Hall–Kier alpha value is -2.11. The van der Waals surface area contributed by atoms with Crippen molar-refractivity contribution in [2.45, 2.75) is 32.2 Å². The number of allylic oxidation sites excluding steroid dienone is 1. The Morgan fingerprint density at radius 3 is 2.84 bits per heavy atom. The van der Waals surface area contributed by atoms with Crippen molar-refractivity contribution in [1.29, 1.82) is 0 Å². The van der Waals surface area contributed by atoms with E-state index in [4.69, 9.17) is 0 Å². The van der Waals surface area contributed by atoms with E-state index in [0.29, 0.717) is 12.3 Å². The molecule has 1 aliphatic carbocycles. The summed E-state index contributed by atoms with van der Waals surface area (Å²) < 4.78 is 1.47. The van der Waals surface area contributed by atoms with Gasteiger partial charge in [0.2, 0.25) is 11.8 Å². The molecule has 0 bridgehead atoms. The lowest BCUT2D eigenvalue weighted by molar-refractivity contribution is -0.135. The fraction of sp³-hybridized carbons (Fsp3) is 0.462. The van der Waals surface area contributed by atoms with Crippen LogP contribution in [0.2, 0.25) is 0 Å². The Bertz CT molecular complexity index is 638. The first-order valence-electron chi connectivity index (χ1n) is 6.41. The molecule has 19 heavy (non-hydrogen) atoms. The van der Waals surface area contributed by atoms with Gasteiger partial charge in [0.1, 0.15) is 6.04 Å². The lowest BCUT2D eigenvalue weighted by atomic mass is 9.97. The van der Waals surface area contributed by atoms with Crippen molar-refractivity contribution in [2.24, 2.45) is 5.92 Å². The monoisotopic (exact) mass is 261 g/mol. The van der Waals surface area contributed by atoms with Gasteiger partial charge >= 0.3 is 5.69 Å². The van der Waals surface area contributed by atoms with Gasteiger partial charge in [0, 0.05) is 12.1 Å². The molecule has 3 rings (SSSR count). The summed E-state index contributed by atoms with van der Waals surface area (Å²) in [4.78, 5) is 37.9. The second-order valence-electron chi connectivity index (χ2n) is 5.17. The first-order chi connectivity index (χ1) is 9.06. The summed E-state index contributed by atoms with van der Waals surface area (Å²) in [5.41, 5.74) is 1.35. The molecular formula is C13H15N3O3. The van der Waals surface area contributed by atoms with E-state index in [-0.39, 0.29) is 18.0 Å². The third kappa shape index (κ3) is 1.93. The molecule has 100 valence electrons. The topological polar surface area (TPSA) is 84.0 Å². The minimum atomic E-state index is -0.594. The molecule has 1 fully saturated rings. The van der Waals surface area contributed by atoms with E-state index in [1.165, 1.54) is 4.57 Å². The third-order valence-electron chi connectivity index (χ3n) is 3.68. The number of hydrogen-bond donors (Lipinski definition) is 2. The normalized spacial score (nSPS) is 26.2. The Morgan fingerprint density at radius 1 is 1.32 bits per heavy atom. The first kappa shape index (κ1) is 12.0. The molecule has 0 spiro atoms. The summed E-state index contributed by atoms with van der Waals surface area (Å²) in [7, 11) is 0. The van der Waals surface area contributed by atoms with Crippen molar-refractivity contribution in [3.63, 3.8) is 0 Å². The maximum atomic E-state index is 12.0. The number of imide groups is 1. The number of nitrogens with one attached hydrogen (secondary N) is 2. The predicted octanol–water partition coefficient (Wildman–Crippen LogP) is 0.359. The van der Waals surface area contributed by atoms with E-state index in [1.54, 1.807) is 0 Å². The lowest BCUT2D eigenvalue weighted by Gasteiger charge is -2.23. The van der Waals surface area contributed by atoms with Crippen LogP contribution >= 0.6 is 0 Å². The second-order valence-corrected chi connectivity index (χ2v) is 5.17. The van der Waals surface area contributed by atoms with Gasteiger partial charge in [-0.1, -0.05) is 13.0 Å². The van der Waals surface area contributed by atoms with Gasteiger partial charge in [0.05, 0.1) is 5.69 Å². The lowest BCUT2D eigenvalue weighted by Crippen LogP contribution is -2.44. The third-order valence-corrected chi connectivity index (χ3v) is 3.68. The molecule has 1 unspecified atom stereocenters. The summed E-state index contributed by atoms with van der Waals surface area (Å²) in [6.45, 7) is 2.07. The van der Waals surface area contributed by atoms with Gasteiger partial charge in [-0.15, -0.1) is 0 Å². The number of nitrogens with zero attached hydrogens (tertiary/aromatic N) is 1. The van der Waals surface area contributed by atoms with Crippen LogP contribution in [0.15, 0.2) is 10.9 Å². The van der Waals surface area contributed by atoms with Crippen molar-refractivity contribution < 1.29 is 9.59 Å². The van der Waals surface area contributed by atoms with Crippen molar-refractivity contribution >= 4 is 17.9 Å². The van der Waals surface area contributed by atoms with Crippen LogP contribution in [0, 0.1) is 5.92 Å². The number of aromatic nitrogens is 2. The molecule has 1 aromatic heterocycles. The predicted molar refractivity (Wildman–Crippen MR) is 68.4 cm³/mol. The van der Waals surface area contributed by atoms with E-state index in [0.717, 1.165) is 17.8 Å². The molecule has 2 aliphatic rings. The Kier molecular flexibility index (Phi) is 2.66. The van der Waals surface area contributed by atoms with Crippen LogP contribution in [0.5, 0.6) is 0 Å². The molecule has 1 aliphatic heterocycles. The van der Waals surface area contributed by atoms with Gasteiger partial charge in [-0.25, -0.2) is 4.79 Å². The first-order valence-corrected chi connectivity index (χ1v) is 6.41. The summed E-state index contributed by atoms with van der Waals surface area (Å²) in [5.74, 6) is -0.296. The van der Waals surface area contributed by atoms with Crippen molar-refractivity contribution in [1.82, 2.24) is 14.9 Å². The molecule has 1 saturated heterocycles. The minimum Gasteiger partial charge on any atom is -0.309 e. The molecule has 2 amide bonds. The van der Waals surface area contributed by atoms with Gasteiger partial charge in [-0.3, -0.25) is 19.5 Å². The van der Waals surface area contributed by atoms with E-state index < -0.39 is 11.9 Å². The highest BCUT2D eigenvalue weighted by atomic mass is 16.2. The van der Waals surface area contributed by atoms with Crippen LogP contribution in [0.1, 0.15) is 37.2 Å². The molecule has 6 nitrogen and oxygen atoms in total. The van der Waals surface area contributed by atoms with Gasteiger partial charge < -0.3 is 4.98 Å². The number of carbonyl (C=O) groups excluding carboxylic acids is 2.